The predicted octanol–water partition coefficient (Wildman–Crippen LogP) is 3.10. The van der Waals surface area contributed by atoms with Gasteiger partial charge in [-0.1, -0.05) is 12.8 Å². The number of nitrogens with one attached hydrogen (secondary N) is 1. The maximum Gasteiger partial charge on any atom is 0.0894 e. The van der Waals surface area contributed by atoms with Gasteiger partial charge in [-0.2, -0.15) is 5.10 Å². The van der Waals surface area contributed by atoms with Crippen molar-refractivity contribution in [3.63, 3.8) is 0 Å². The number of hydrogen-bond acceptors (Lipinski definition) is 2. The van der Waals surface area contributed by atoms with E-state index in [0.29, 0.717) is 18.5 Å². The van der Waals surface area contributed by atoms with E-state index in [1.165, 1.54) is 25.7 Å². The average Bonchev–Trinajstić information content (AvgIpc) is 2.93. The Morgan fingerprint density at radius 1 is 1.22 bits per heavy atom. The molecular formula is C14H24FN3. The Kier molecular flexibility index (Phi) is 5.65. The fourth-order valence-corrected chi connectivity index (χ4v) is 2.83. The monoisotopic (exact) mass is 253 g/mol. The molecule has 3 nitrogen and oxygen atoms in total. The molecule has 0 unspecified atom stereocenters. The summed E-state index contributed by atoms with van der Waals surface area (Å²) < 4.78 is 14.1. The highest BCUT2D eigenvalue weighted by atomic mass is 19.1. The van der Waals surface area contributed by atoms with Gasteiger partial charge in [0.2, 0.25) is 0 Å². The molecule has 102 valence electrons. The Labute approximate surface area is 109 Å². The van der Waals surface area contributed by atoms with E-state index >= 15 is 0 Å². The van der Waals surface area contributed by atoms with Crippen LogP contribution in [0.25, 0.3) is 0 Å². The van der Waals surface area contributed by atoms with E-state index in [0.717, 1.165) is 19.4 Å². The van der Waals surface area contributed by atoms with E-state index in [1.54, 1.807) is 0 Å². The molecule has 1 heterocycles. The van der Waals surface area contributed by atoms with Crippen molar-refractivity contribution < 1.29 is 4.39 Å². The molecule has 0 radical (unpaired) electrons. The van der Waals surface area contributed by atoms with Gasteiger partial charge in [-0.25, -0.2) is 0 Å². The molecule has 1 N–H and O–H groups in total. The number of nitrogens with zero attached hydrogens (tertiary/aromatic N) is 2. The summed E-state index contributed by atoms with van der Waals surface area (Å²) in [6.07, 6.45) is 11.7. The van der Waals surface area contributed by atoms with Gasteiger partial charge in [0, 0.05) is 18.4 Å². The highest BCUT2D eigenvalue weighted by Gasteiger charge is 2.25. The zero-order valence-electron chi connectivity index (χ0n) is 11.0. The molecule has 0 amide bonds. The molecule has 1 aliphatic carbocycles. The van der Waals surface area contributed by atoms with Crippen molar-refractivity contribution in [2.75, 3.05) is 13.2 Å². The van der Waals surface area contributed by atoms with Gasteiger partial charge in [-0.15, -0.1) is 0 Å². The Hall–Kier alpha value is -0.900. The minimum atomic E-state index is -0.181. The molecule has 2 rings (SSSR count). The molecule has 0 aliphatic heterocycles. The van der Waals surface area contributed by atoms with Crippen molar-refractivity contribution in [3.05, 3.63) is 18.5 Å². The van der Waals surface area contributed by atoms with Crippen molar-refractivity contribution >= 4 is 0 Å². The summed E-state index contributed by atoms with van der Waals surface area (Å²) in [4.78, 5) is 0. The molecule has 0 bridgehead atoms. The van der Waals surface area contributed by atoms with E-state index in [1.807, 2.05) is 12.3 Å². The van der Waals surface area contributed by atoms with Crippen LogP contribution in [0.4, 0.5) is 4.39 Å². The van der Waals surface area contributed by atoms with Gasteiger partial charge in [-0.05, 0) is 44.7 Å². The van der Waals surface area contributed by atoms with Gasteiger partial charge in [0.1, 0.15) is 0 Å². The topological polar surface area (TPSA) is 29.9 Å². The van der Waals surface area contributed by atoms with Crippen LogP contribution >= 0.6 is 0 Å². The number of unbranched alkanes of at least 4 members (excludes halogenated alkanes) is 2. The lowest BCUT2D eigenvalue weighted by Gasteiger charge is -2.32. The van der Waals surface area contributed by atoms with Gasteiger partial charge in [-0.3, -0.25) is 9.07 Å². The molecular weight excluding hydrogens is 229 g/mol. The summed E-state index contributed by atoms with van der Waals surface area (Å²) in [5.41, 5.74) is 0. The van der Waals surface area contributed by atoms with Gasteiger partial charge >= 0.3 is 0 Å². The third-order valence-electron chi connectivity index (χ3n) is 3.81. The Morgan fingerprint density at radius 2 is 2.11 bits per heavy atom. The first kappa shape index (κ1) is 13.5. The summed E-state index contributed by atoms with van der Waals surface area (Å²) >= 11 is 0. The highest BCUT2D eigenvalue weighted by molar-refractivity contribution is 4.89. The first-order valence-electron chi connectivity index (χ1n) is 7.20. The molecule has 18 heavy (non-hydrogen) atoms. The SMILES string of the molecule is FCCCCCN[C@@H]1CCCC[C@@H]1n1cccn1. The smallest absolute Gasteiger partial charge is 0.0894 e. The highest BCUT2D eigenvalue weighted by Crippen LogP contribution is 2.27. The maximum absolute atomic E-state index is 12.0. The standard InChI is InChI=1S/C14H24FN3/c15-9-4-1-5-10-16-13-7-2-3-8-14(13)18-12-6-11-17-18/h6,11-14,16H,1-5,7-10H2/t13-,14+/m1/s1. The van der Waals surface area contributed by atoms with Crippen LogP contribution in [0, 0.1) is 0 Å². The molecule has 0 saturated heterocycles. The lowest BCUT2D eigenvalue weighted by molar-refractivity contribution is 0.246. The molecule has 2 atom stereocenters. The van der Waals surface area contributed by atoms with Crippen LogP contribution in [0.5, 0.6) is 0 Å². The van der Waals surface area contributed by atoms with Crippen LogP contribution < -0.4 is 5.32 Å². The minimum absolute atomic E-state index is 0.181. The second kappa shape index (κ2) is 7.52. The van der Waals surface area contributed by atoms with Crippen LogP contribution in [0.3, 0.4) is 0 Å². The maximum atomic E-state index is 12.0. The Bertz CT molecular complexity index is 313. The van der Waals surface area contributed by atoms with Gasteiger partial charge in [0.25, 0.3) is 0 Å². The number of aromatic nitrogens is 2. The van der Waals surface area contributed by atoms with Crippen LogP contribution in [-0.4, -0.2) is 29.0 Å². The zero-order valence-corrected chi connectivity index (χ0v) is 11.0. The Balaban J connectivity index is 1.77. The van der Waals surface area contributed by atoms with Gasteiger partial charge < -0.3 is 5.32 Å². The first-order chi connectivity index (χ1) is 8.92. The summed E-state index contributed by atoms with van der Waals surface area (Å²) in [5.74, 6) is 0. The zero-order chi connectivity index (χ0) is 12.6. The van der Waals surface area contributed by atoms with Crippen LogP contribution in [0.1, 0.15) is 51.0 Å². The molecule has 1 aromatic heterocycles. The largest absolute Gasteiger partial charge is 0.312 e. The second-order valence-corrected chi connectivity index (χ2v) is 5.15. The fraction of sp³-hybridized carbons (Fsp3) is 0.786. The van der Waals surface area contributed by atoms with Crippen LogP contribution in [0.15, 0.2) is 18.5 Å². The average molecular weight is 253 g/mol. The number of hydrogen-bond donors (Lipinski definition) is 1. The van der Waals surface area contributed by atoms with Gasteiger partial charge in [0.05, 0.1) is 12.7 Å². The summed E-state index contributed by atoms with van der Waals surface area (Å²) in [6, 6.07) is 3.02. The molecule has 0 aromatic carbocycles. The summed E-state index contributed by atoms with van der Waals surface area (Å²) in [6.45, 7) is 0.821. The van der Waals surface area contributed by atoms with Crippen molar-refractivity contribution in [2.45, 2.75) is 57.0 Å². The normalized spacial score (nSPS) is 24.3. The van der Waals surface area contributed by atoms with Crippen LogP contribution in [0.2, 0.25) is 0 Å². The lowest BCUT2D eigenvalue weighted by Crippen LogP contribution is -2.40. The molecule has 1 fully saturated rings. The minimum Gasteiger partial charge on any atom is -0.312 e. The van der Waals surface area contributed by atoms with E-state index < -0.39 is 0 Å². The van der Waals surface area contributed by atoms with Crippen molar-refractivity contribution in [1.29, 1.82) is 0 Å². The van der Waals surface area contributed by atoms with E-state index in [-0.39, 0.29) is 6.67 Å². The third-order valence-corrected chi connectivity index (χ3v) is 3.81. The van der Waals surface area contributed by atoms with Crippen LogP contribution in [-0.2, 0) is 0 Å². The molecule has 0 spiro atoms. The van der Waals surface area contributed by atoms with E-state index in [2.05, 4.69) is 21.3 Å². The third kappa shape index (κ3) is 3.80. The fourth-order valence-electron chi connectivity index (χ4n) is 2.83. The number of alkyl halides is 1. The lowest BCUT2D eigenvalue weighted by atomic mass is 9.90. The van der Waals surface area contributed by atoms with E-state index in [9.17, 15) is 4.39 Å². The Morgan fingerprint density at radius 3 is 2.89 bits per heavy atom. The molecule has 1 aromatic rings. The van der Waals surface area contributed by atoms with Gasteiger partial charge in [0.15, 0.2) is 0 Å². The van der Waals surface area contributed by atoms with Crippen molar-refractivity contribution in [3.8, 4) is 0 Å². The second-order valence-electron chi connectivity index (χ2n) is 5.15. The quantitative estimate of drug-likeness (QED) is 0.757. The van der Waals surface area contributed by atoms with Crippen molar-refractivity contribution in [1.82, 2.24) is 15.1 Å². The summed E-state index contributed by atoms with van der Waals surface area (Å²) in [7, 11) is 0. The van der Waals surface area contributed by atoms with E-state index in [4.69, 9.17) is 0 Å². The summed E-state index contributed by atoms with van der Waals surface area (Å²) in [5, 5.41) is 8.01. The molecule has 1 saturated carbocycles. The number of rotatable bonds is 7. The van der Waals surface area contributed by atoms with Crippen molar-refractivity contribution in [2.24, 2.45) is 0 Å². The number of halogens is 1. The molecule has 1 aliphatic rings. The predicted molar refractivity (Wildman–Crippen MR) is 71.3 cm³/mol. The molecule has 4 heteroatoms. The first-order valence-corrected chi connectivity index (χ1v) is 7.20.